The van der Waals surface area contributed by atoms with Gasteiger partial charge in [-0.05, 0) is 44.2 Å². The molecule has 1 saturated heterocycles. The zero-order valence-corrected chi connectivity index (χ0v) is 16.4. The van der Waals surface area contributed by atoms with E-state index >= 15 is 0 Å². The van der Waals surface area contributed by atoms with Crippen LogP contribution < -0.4 is 10.6 Å². The van der Waals surface area contributed by atoms with Gasteiger partial charge in [0.15, 0.2) is 0 Å². The molecule has 1 aliphatic rings. The summed E-state index contributed by atoms with van der Waals surface area (Å²) in [6.45, 7) is 7.09. The van der Waals surface area contributed by atoms with Crippen molar-refractivity contribution in [1.82, 2.24) is 10.3 Å². The number of ether oxygens (including phenoxy) is 1. The molecule has 0 spiro atoms. The van der Waals surface area contributed by atoms with Crippen LogP contribution in [0.4, 0.5) is 10.5 Å². The zero-order valence-electron chi connectivity index (χ0n) is 15.6. The van der Waals surface area contributed by atoms with E-state index in [0.717, 1.165) is 41.2 Å². The Kier molecular flexibility index (Phi) is 6.27. The van der Waals surface area contributed by atoms with E-state index in [9.17, 15) is 4.79 Å². The highest BCUT2D eigenvalue weighted by molar-refractivity contribution is 7.13. The smallest absolute Gasteiger partial charge is 0.319 e. The standard InChI is InChI=1S/C20H27N3O2S/c1-13(2)9-18-11-17(7-8-25-18)23-20(24)22-16-6-4-5-15(10-16)19-21-14(3)12-26-19/h4-6,10,12-13,17-18H,7-9,11H2,1-3H3,(H2,22,23,24). The van der Waals surface area contributed by atoms with Gasteiger partial charge in [-0.2, -0.15) is 0 Å². The molecule has 1 aromatic carbocycles. The molecule has 2 atom stereocenters. The van der Waals surface area contributed by atoms with Gasteiger partial charge in [0.2, 0.25) is 0 Å². The Morgan fingerprint density at radius 1 is 1.42 bits per heavy atom. The number of nitrogens with zero attached hydrogens (tertiary/aromatic N) is 1. The maximum atomic E-state index is 12.4. The van der Waals surface area contributed by atoms with Crippen LogP contribution in [0.3, 0.4) is 0 Å². The molecule has 3 rings (SSSR count). The number of nitrogens with one attached hydrogen (secondary N) is 2. The molecule has 6 heteroatoms. The van der Waals surface area contributed by atoms with Crippen LogP contribution in [0.1, 0.15) is 38.8 Å². The van der Waals surface area contributed by atoms with Crippen LogP contribution in [0.2, 0.25) is 0 Å². The van der Waals surface area contributed by atoms with Crippen LogP contribution in [-0.2, 0) is 4.74 Å². The lowest BCUT2D eigenvalue weighted by Crippen LogP contribution is -2.44. The Morgan fingerprint density at radius 3 is 3.00 bits per heavy atom. The van der Waals surface area contributed by atoms with E-state index in [4.69, 9.17) is 4.74 Å². The molecule has 0 aliphatic carbocycles. The lowest BCUT2D eigenvalue weighted by Gasteiger charge is -2.31. The van der Waals surface area contributed by atoms with Crippen molar-refractivity contribution in [3.63, 3.8) is 0 Å². The van der Waals surface area contributed by atoms with E-state index in [1.807, 2.05) is 36.6 Å². The van der Waals surface area contributed by atoms with Crippen molar-refractivity contribution in [3.05, 3.63) is 35.3 Å². The number of thiazole rings is 1. The molecule has 2 aromatic rings. The predicted octanol–water partition coefficient (Wildman–Crippen LogP) is 4.83. The molecule has 0 radical (unpaired) electrons. The molecule has 2 N–H and O–H groups in total. The van der Waals surface area contributed by atoms with Crippen molar-refractivity contribution in [3.8, 4) is 10.6 Å². The highest BCUT2D eigenvalue weighted by Gasteiger charge is 2.24. The van der Waals surface area contributed by atoms with Gasteiger partial charge >= 0.3 is 6.03 Å². The minimum absolute atomic E-state index is 0.160. The first-order valence-electron chi connectivity index (χ1n) is 9.21. The number of aromatic nitrogens is 1. The van der Waals surface area contributed by atoms with Gasteiger partial charge in [0.05, 0.1) is 6.10 Å². The summed E-state index contributed by atoms with van der Waals surface area (Å²) in [5.74, 6) is 0.602. The van der Waals surface area contributed by atoms with Gasteiger partial charge in [0.25, 0.3) is 0 Å². The van der Waals surface area contributed by atoms with E-state index in [1.165, 1.54) is 0 Å². The van der Waals surface area contributed by atoms with Crippen molar-refractivity contribution in [2.75, 3.05) is 11.9 Å². The molecule has 0 bridgehead atoms. The van der Waals surface area contributed by atoms with Gasteiger partial charge in [0, 0.05) is 35.0 Å². The van der Waals surface area contributed by atoms with Crippen LogP contribution in [0, 0.1) is 12.8 Å². The number of carbonyl (C=O) groups is 1. The summed E-state index contributed by atoms with van der Waals surface area (Å²) in [7, 11) is 0. The Bertz CT molecular complexity index is 744. The number of amides is 2. The average molecular weight is 374 g/mol. The number of hydrogen-bond donors (Lipinski definition) is 2. The van der Waals surface area contributed by atoms with Gasteiger partial charge < -0.3 is 15.4 Å². The molecule has 2 unspecified atom stereocenters. The van der Waals surface area contributed by atoms with E-state index in [-0.39, 0.29) is 18.2 Å². The SMILES string of the molecule is Cc1csc(-c2cccc(NC(=O)NC3CCOC(CC(C)C)C3)c2)n1. The Hall–Kier alpha value is -1.92. The van der Waals surface area contributed by atoms with Gasteiger partial charge in [-0.15, -0.1) is 11.3 Å². The summed E-state index contributed by atoms with van der Waals surface area (Å²) in [6.07, 6.45) is 3.02. The van der Waals surface area contributed by atoms with E-state index < -0.39 is 0 Å². The third-order valence-corrected chi connectivity index (χ3v) is 5.43. The highest BCUT2D eigenvalue weighted by Crippen LogP contribution is 2.26. The molecule has 5 nitrogen and oxygen atoms in total. The molecule has 140 valence electrons. The van der Waals surface area contributed by atoms with Gasteiger partial charge in [-0.3, -0.25) is 0 Å². The second-order valence-corrected chi connectivity index (χ2v) is 8.18. The fourth-order valence-electron chi connectivity index (χ4n) is 3.27. The minimum atomic E-state index is -0.160. The van der Waals surface area contributed by atoms with Crippen molar-refractivity contribution in [1.29, 1.82) is 0 Å². The molecule has 1 aromatic heterocycles. The number of anilines is 1. The number of aryl methyl sites for hydroxylation is 1. The fourth-order valence-corrected chi connectivity index (χ4v) is 4.07. The van der Waals surface area contributed by atoms with Gasteiger partial charge in [-0.25, -0.2) is 9.78 Å². The van der Waals surface area contributed by atoms with E-state index in [1.54, 1.807) is 11.3 Å². The summed E-state index contributed by atoms with van der Waals surface area (Å²) in [6, 6.07) is 7.81. The summed E-state index contributed by atoms with van der Waals surface area (Å²) >= 11 is 1.61. The normalized spacial score (nSPS) is 20.2. The molecule has 26 heavy (non-hydrogen) atoms. The van der Waals surface area contributed by atoms with Crippen molar-refractivity contribution in [2.24, 2.45) is 5.92 Å². The second-order valence-electron chi connectivity index (χ2n) is 7.32. The summed E-state index contributed by atoms with van der Waals surface area (Å²) in [4.78, 5) is 16.9. The average Bonchev–Trinajstić information content (AvgIpc) is 3.01. The lowest BCUT2D eigenvalue weighted by molar-refractivity contribution is -0.00717. The summed E-state index contributed by atoms with van der Waals surface area (Å²) in [5.41, 5.74) is 2.80. The van der Waals surface area contributed by atoms with Crippen molar-refractivity contribution >= 4 is 23.1 Å². The van der Waals surface area contributed by atoms with Gasteiger partial charge in [0.1, 0.15) is 5.01 Å². The second kappa shape index (κ2) is 8.64. The largest absolute Gasteiger partial charge is 0.378 e. The first kappa shape index (κ1) is 18.9. The molecular weight excluding hydrogens is 346 g/mol. The molecular formula is C20H27N3O2S. The van der Waals surface area contributed by atoms with E-state index in [2.05, 4.69) is 29.5 Å². The fraction of sp³-hybridized carbons (Fsp3) is 0.500. The van der Waals surface area contributed by atoms with E-state index in [0.29, 0.717) is 12.5 Å². The molecule has 2 amide bonds. The lowest BCUT2D eigenvalue weighted by atomic mass is 9.96. The topological polar surface area (TPSA) is 63.2 Å². The highest BCUT2D eigenvalue weighted by atomic mass is 32.1. The zero-order chi connectivity index (χ0) is 18.5. The maximum absolute atomic E-state index is 12.4. The van der Waals surface area contributed by atoms with Gasteiger partial charge in [-0.1, -0.05) is 26.0 Å². The third-order valence-electron chi connectivity index (χ3n) is 4.42. The van der Waals surface area contributed by atoms with Crippen LogP contribution in [0.15, 0.2) is 29.6 Å². The summed E-state index contributed by atoms with van der Waals surface area (Å²) in [5, 5.41) is 9.03. The van der Waals surface area contributed by atoms with Crippen molar-refractivity contribution < 1.29 is 9.53 Å². The Morgan fingerprint density at radius 2 is 2.27 bits per heavy atom. The molecule has 1 fully saturated rings. The molecule has 2 heterocycles. The number of hydrogen-bond acceptors (Lipinski definition) is 4. The monoisotopic (exact) mass is 373 g/mol. The number of rotatable bonds is 5. The minimum Gasteiger partial charge on any atom is -0.378 e. The predicted molar refractivity (Wildman–Crippen MR) is 107 cm³/mol. The third kappa shape index (κ3) is 5.29. The number of carbonyl (C=O) groups excluding carboxylic acids is 1. The Balaban J connectivity index is 1.56. The summed E-state index contributed by atoms with van der Waals surface area (Å²) < 4.78 is 5.81. The quantitative estimate of drug-likeness (QED) is 0.789. The first-order valence-corrected chi connectivity index (χ1v) is 10.1. The van der Waals surface area contributed by atoms with Crippen molar-refractivity contribution in [2.45, 2.75) is 52.2 Å². The van der Waals surface area contributed by atoms with Crippen LogP contribution in [0.5, 0.6) is 0 Å². The first-order chi connectivity index (χ1) is 12.5. The molecule has 1 aliphatic heterocycles. The van der Waals surface area contributed by atoms with Crippen LogP contribution >= 0.6 is 11.3 Å². The number of urea groups is 1. The Labute approximate surface area is 159 Å². The van der Waals surface area contributed by atoms with Crippen LogP contribution in [0.25, 0.3) is 10.6 Å². The maximum Gasteiger partial charge on any atom is 0.319 e. The van der Waals surface area contributed by atoms with Crippen LogP contribution in [-0.4, -0.2) is 29.8 Å². The number of benzene rings is 1. The molecule has 0 saturated carbocycles.